The van der Waals surface area contributed by atoms with Crippen molar-refractivity contribution in [3.63, 3.8) is 0 Å². The van der Waals surface area contributed by atoms with Crippen LogP contribution in [0.4, 0.5) is 11.8 Å². The van der Waals surface area contributed by atoms with Crippen LogP contribution in [-0.4, -0.2) is 36.8 Å². The van der Waals surface area contributed by atoms with Gasteiger partial charge in [0.25, 0.3) is 0 Å². The summed E-state index contributed by atoms with van der Waals surface area (Å²) in [5, 5.41) is 7.67. The highest BCUT2D eigenvalue weighted by molar-refractivity contribution is 7.18. The molecule has 1 unspecified atom stereocenters. The number of thiophene rings is 1. The lowest BCUT2D eigenvalue weighted by molar-refractivity contribution is 0.182. The van der Waals surface area contributed by atoms with Crippen LogP contribution in [0.25, 0.3) is 10.2 Å². The van der Waals surface area contributed by atoms with Crippen molar-refractivity contribution in [2.24, 2.45) is 0 Å². The molecule has 116 valence electrons. The smallest absolute Gasteiger partial charge is 0.225 e. The van der Waals surface area contributed by atoms with Gasteiger partial charge in [-0.25, -0.2) is 4.98 Å². The number of anilines is 2. The second-order valence-corrected chi connectivity index (χ2v) is 6.13. The maximum absolute atomic E-state index is 5.30. The van der Waals surface area contributed by atoms with Crippen LogP contribution in [0.5, 0.6) is 0 Å². The molecule has 0 spiro atoms. The molecular formula is C15H24N4OS. The first-order valence-electron chi connectivity index (χ1n) is 7.45. The molecule has 0 bridgehead atoms. The fraction of sp³-hybridized carbons (Fsp3) is 0.600. The van der Waals surface area contributed by atoms with Crippen LogP contribution in [0.1, 0.15) is 31.6 Å². The molecule has 0 aliphatic rings. The Labute approximate surface area is 130 Å². The SMILES string of the molecule is CCCC(COC)Nc1nc(NC)nc2sc(CC)cc12. The standard InChI is InChI=1S/C15H24N4OS/c1-5-7-10(9-20-4)17-13-12-8-11(6-2)21-14(12)19-15(16-3)18-13/h8,10H,5-7,9H2,1-4H3,(H2,16,17,18,19). The van der Waals surface area contributed by atoms with Crippen molar-refractivity contribution in [2.45, 2.75) is 39.2 Å². The summed E-state index contributed by atoms with van der Waals surface area (Å²) in [5.74, 6) is 1.55. The Morgan fingerprint density at radius 1 is 1.33 bits per heavy atom. The van der Waals surface area contributed by atoms with Crippen molar-refractivity contribution in [3.05, 3.63) is 10.9 Å². The van der Waals surface area contributed by atoms with Gasteiger partial charge in [0.2, 0.25) is 5.95 Å². The van der Waals surface area contributed by atoms with Gasteiger partial charge in [0.05, 0.1) is 18.0 Å². The number of nitrogens with zero attached hydrogens (tertiary/aromatic N) is 2. The van der Waals surface area contributed by atoms with Crippen molar-refractivity contribution in [2.75, 3.05) is 31.4 Å². The lowest BCUT2D eigenvalue weighted by Crippen LogP contribution is -2.25. The van der Waals surface area contributed by atoms with Crippen molar-refractivity contribution >= 4 is 33.3 Å². The quantitative estimate of drug-likeness (QED) is 0.781. The predicted octanol–water partition coefficient (Wildman–Crippen LogP) is 3.52. The number of fused-ring (bicyclic) bond motifs is 1. The number of hydrogen-bond acceptors (Lipinski definition) is 6. The zero-order valence-electron chi connectivity index (χ0n) is 13.2. The molecule has 2 N–H and O–H groups in total. The minimum absolute atomic E-state index is 0.271. The molecule has 0 amide bonds. The molecule has 21 heavy (non-hydrogen) atoms. The Hall–Kier alpha value is -1.40. The number of aromatic nitrogens is 2. The molecule has 0 radical (unpaired) electrons. The first-order valence-corrected chi connectivity index (χ1v) is 8.27. The van der Waals surface area contributed by atoms with Crippen molar-refractivity contribution < 1.29 is 4.74 Å². The lowest BCUT2D eigenvalue weighted by atomic mass is 10.2. The van der Waals surface area contributed by atoms with Gasteiger partial charge in [0.1, 0.15) is 10.6 Å². The summed E-state index contributed by atoms with van der Waals surface area (Å²) in [4.78, 5) is 11.5. The van der Waals surface area contributed by atoms with Gasteiger partial charge in [-0.1, -0.05) is 20.3 Å². The van der Waals surface area contributed by atoms with E-state index in [4.69, 9.17) is 4.74 Å². The lowest BCUT2D eigenvalue weighted by Gasteiger charge is -2.18. The van der Waals surface area contributed by atoms with Gasteiger partial charge in [0, 0.05) is 19.0 Å². The molecule has 1 atom stereocenters. The molecule has 2 heterocycles. The van der Waals surface area contributed by atoms with Crippen molar-refractivity contribution in [1.29, 1.82) is 0 Å². The topological polar surface area (TPSA) is 59.1 Å². The highest BCUT2D eigenvalue weighted by atomic mass is 32.1. The minimum atomic E-state index is 0.271. The Morgan fingerprint density at radius 2 is 2.14 bits per heavy atom. The molecular weight excluding hydrogens is 284 g/mol. The molecule has 0 aromatic carbocycles. The molecule has 5 nitrogen and oxygen atoms in total. The first-order chi connectivity index (χ1) is 10.2. The number of nitrogens with one attached hydrogen (secondary N) is 2. The molecule has 0 aliphatic heterocycles. The van der Waals surface area contributed by atoms with Crippen LogP contribution >= 0.6 is 11.3 Å². The molecule has 6 heteroatoms. The van der Waals surface area contributed by atoms with E-state index >= 15 is 0 Å². The van der Waals surface area contributed by atoms with Crippen LogP contribution in [0.15, 0.2) is 6.07 Å². The van der Waals surface area contributed by atoms with Gasteiger partial charge in [-0.3, -0.25) is 0 Å². The molecule has 0 saturated heterocycles. The molecule has 0 aliphatic carbocycles. The molecule has 2 rings (SSSR count). The first kappa shape index (κ1) is 16.0. The Balaban J connectivity index is 2.37. The molecule has 2 aromatic heterocycles. The van der Waals surface area contributed by atoms with Gasteiger partial charge >= 0.3 is 0 Å². The third kappa shape index (κ3) is 3.83. The number of methoxy groups -OCH3 is 1. The summed E-state index contributed by atoms with van der Waals surface area (Å²) in [6.45, 7) is 5.02. The van der Waals surface area contributed by atoms with E-state index in [0.717, 1.165) is 35.3 Å². The summed E-state index contributed by atoms with van der Waals surface area (Å²) in [5.41, 5.74) is 0. The van der Waals surface area contributed by atoms with Gasteiger partial charge in [-0.05, 0) is 18.9 Å². The number of ether oxygens (including phenoxy) is 1. The number of aryl methyl sites for hydroxylation is 1. The molecule has 0 fully saturated rings. The van der Waals surface area contributed by atoms with Crippen LogP contribution in [0.3, 0.4) is 0 Å². The van der Waals surface area contributed by atoms with E-state index < -0.39 is 0 Å². The predicted molar refractivity (Wildman–Crippen MR) is 90.5 cm³/mol. The van der Waals surface area contributed by atoms with Crippen LogP contribution in [0, 0.1) is 0 Å². The molecule has 2 aromatic rings. The van der Waals surface area contributed by atoms with Crippen LogP contribution < -0.4 is 10.6 Å². The average molecular weight is 308 g/mol. The minimum Gasteiger partial charge on any atom is -0.383 e. The summed E-state index contributed by atoms with van der Waals surface area (Å²) in [7, 11) is 3.58. The van der Waals surface area contributed by atoms with Crippen molar-refractivity contribution in [3.8, 4) is 0 Å². The highest BCUT2D eigenvalue weighted by Crippen LogP contribution is 2.30. The van der Waals surface area contributed by atoms with E-state index in [1.807, 2.05) is 7.05 Å². The maximum atomic E-state index is 5.30. The van der Waals surface area contributed by atoms with E-state index in [1.165, 1.54) is 4.88 Å². The summed E-state index contributed by atoms with van der Waals surface area (Å²) < 4.78 is 5.30. The maximum Gasteiger partial charge on any atom is 0.225 e. The number of hydrogen-bond donors (Lipinski definition) is 2. The second kappa shape index (κ2) is 7.56. The van der Waals surface area contributed by atoms with Gasteiger partial charge in [-0.15, -0.1) is 11.3 Å². The monoisotopic (exact) mass is 308 g/mol. The third-order valence-corrected chi connectivity index (χ3v) is 4.53. The van der Waals surface area contributed by atoms with E-state index in [1.54, 1.807) is 18.4 Å². The summed E-state index contributed by atoms with van der Waals surface area (Å²) in [6, 6.07) is 2.46. The van der Waals surface area contributed by atoms with E-state index in [9.17, 15) is 0 Å². The van der Waals surface area contributed by atoms with E-state index in [-0.39, 0.29) is 6.04 Å². The summed E-state index contributed by atoms with van der Waals surface area (Å²) >= 11 is 1.73. The van der Waals surface area contributed by atoms with Gasteiger partial charge in [-0.2, -0.15) is 4.98 Å². The number of rotatable bonds is 8. The van der Waals surface area contributed by atoms with Gasteiger partial charge < -0.3 is 15.4 Å². The zero-order valence-corrected chi connectivity index (χ0v) is 14.0. The Morgan fingerprint density at radius 3 is 2.76 bits per heavy atom. The van der Waals surface area contributed by atoms with Crippen LogP contribution in [0.2, 0.25) is 0 Å². The third-order valence-electron chi connectivity index (χ3n) is 3.36. The van der Waals surface area contributed by atoms with E-state index in [2.05, 4.69) is 40.5 Å². The van der Waals surface area contributed by atoms with Crippen molar-refractivity contribution in [1.82, 2.24) is 9.97 Å². The normalized spacial score (nSPS) is 12.6. The molecule has 0 saturated carbocycles. The average Bonchev–Trinajstić information content (AvgIpc) is 2.91. The fourth-order valence-corrected chi connectivity index (χ4v) is 3.27. The van der Waals surface area contributed by atoms with Crippen LogP contribution in [-0.2, 0) is 11.2 Å². The zero-order chi connectivity index (χ0) is 15.2. The second-order valence-electron chi connectivity index (χ2n) is 5.02. The fourth-order valence-electron chi connectivity index (χ4n) is 2.31. The van der Waals surface area contributed by atoms with Gasteiger partial charge in [0.15, 0.2) is 0 Å². The highest BCUT2D eigenvalue weighted by Gasteiger charge is 2.14. The largest absolute Gasteiger partial charge is 0.383 e. The van der Waals surface area contributed by atoms with E-state index in [0.29, 0.717) is 12.6 Å². The summed E-state index contributed by atoms with van der Waals surface area (Å²) in [6.07, 6.45) is 3.18. The Kier molecular flexibility index (Phi) is 5.76. The Bertz CT molecular complexity index is 578.